The van der Waals surface area contributed by atoms with Gasteiger partial charge < -0.3 is 4.57 Å². The molecule has 0 aliphatic carbocycles. The average Bonchev–Trinajstić information content (AvgIpc) is 3.75. The first-order chi connectivity index (χ1) is 34.0. The first-order valence-electron chi connectivity index (χ1n) is 22.3. The van der Waals surface area contributed by atoms with Crippen LogP contribution in [0.15, 0.2) is 212 Å². The molecule has 0 spiro atoms. The summed E-state index contributed by atoms with van der Waals surface area (Å²) in [6, 6.07) is 78.8. The summed E-state index contributed by atoms with van der Waals surface area (Å²) in [7, 11) is 0. The topological polar surface area (TPSA) is 126 Å². The van der Waals surface area contributed by atoms with Crippen LogP contribution in [0.3, 0.4) is 0 Å². The van der Waals surface area contributed by atoms with E-state index < -0.39 is 0 Å². The van der Waals surface area contributed by atoms with Crippen molar-refractivity contribution in [2.45, 2.75) is 0 Å². The molecule has 7 nitrogen and oxygen atoms in total. The number of hydrogen-bond acceptors (Lipinski definition) is 6. The number of rotatable bonds is 8. The summed E-state index contributed by atoms with van der Waals surface area (Å²) < 4.78 is 2.27. The number of benzene rings is 9. The molecule has 69 heavy (non-hydrogen) atoms. The van der Waals surface area contributed by atoms with E-state index in [2.05, 4.69) is 77.4 Å². The number of nitrogens with zero attached hydrogens (tertiary/aromatic N) is 7. The molecule has 0 amide bonds. The summed E-state index contributed by atoms with van der Waals surface area (Å²) in [6.07, 6.45) is 0. The van der Waals surface area contributed by atoms with Crippen LogP contribution in [0, 0.1) is 45.3 Å². The minimum Gasteiger partial charge on any atom is -0.308 e. The van der Waals surface area contributed by atoms with Gasteiger partial charge in [0.15, 0.2) is 5.82 Å². The largest absolute Gasteiger partial charge is 0.308 e. The van der Waals surface area contributed by atoms with Gasteiger partial charge in [0.1, 0.15) is 0 Å². The molecule has 2 heterocycles. The summed E-state index contributed by atoms with van der Waals surface area (Å²) in [5, 5.41) is 42.9. The molecule has 0 fully saturated rings. The second kappa shape index (κ2) is 17.7. The Balaban J connectivity index is 1.28. The second-order valence-electron chi connectivity index (χ2n) is 16.6. The molecule has 0 radical (unpaired) electrons. The molecular formula is C62H35N7. The van der Waals surface area contributed by atoms with Crippen LogP contribution < -0.4 is 0 Å². The highest BCUT2D eigenvalue weighted by atomic mass is 15.0. The zero-order chi connectivity index (χ0) is 46.8. The number of nitriles is 4. The standard InChI is InChI=1S/C62H35N7/c63-36-40-13-11-21-44(29-40)53-33-50(58-35-57(42-15-3-1-4-16-42)67-62(68-58)43-17-5-2-6-18-43)34-54(45-22-12-14-41(30-45)37-64)61(53)69-59-27-25-46(51-23-9-7-19-48(51)38-65)31-55(59)56-32-47(26-28-60(56)69)52-24-10-8-20-49(52)39-66/h1-35H. The number of aromatic nitrogens is 3. The molecule has 0 saturated heterocycles. The van der Waals surface area contributed by atoms with E-state index in [-0.39, 0.29) is 0 Å². The maximum Gasteiger partial charge on any atom is 0.160 e. The maximum atomic E-state index is 10.3. The Morgan fingerprint density at radius 3 is 1.25 bits per heavy atom. The van der Waals surface area contributed by atoms with Gasteiger partial charge in [0.25, 0.3) is 0 Å². The Morgan fingerprint density at radius 1 is 0.319 bits per heavy atom. The van der Waals surface area contributed by atoms with Crippen LogP contribution in [0.2, 0.25) is 0 Å². The highest BCUT2D eigenvalue weighted by molar-refractivity contribution is 6.13. The van der Waals surface area contributed by atoms with Gasteiger partial charge in [0, 0.05) is 38.6 Å². The van der Waals surface area contributed by atoms with Crippen LogP contribution in [0.5, 0.6) is 0 Å². The minimum absolute atomic E-state index is 0.500. The fourth-order valence-corrected chi connectivity index (χ4v) is 9.31. The maximum absolute atomic E-state index is 10.3. The van der Waals surface area contributed by atoms with Crippen molar-refractivity contribution in [3.63, 3.8) is 0 Å². The normalized spacial score (nSPS) is 10.8. The third kappa shape index (κ3) is 7.61. The van der Waals surface area contributed by atoms with Gasteiger partial charge in [-0.3, -0.25) is 0 Å². The van der Waals surface area contributed by atoms with Crippen molar-refractivity contribution >= 4 is 21.8 Å². The van der Waals surface area contributed by atoms with E-state index in [1.165, 1.54) is 0 Å². The Bertz CT molecular complexity index is 3760. The number of hydrogen-bond donors (Lipinski definition) is 0. The predicted molar refractivity (Wildman–Crippen MR) is 273 cm³/mol. The van der Waals surface area contributed by atoms with Crippen molar-refractivity contribution in [1.29, 1.82) is 21.0 Å². The van der Waals surface area contributed by atoms with Crippen molar-refractivity contribution in [3.8, 4) is 108 Å². The minimum atomic E-state index is 0.500. The quantitative estimate of drug-likeness (QED) is 0.150. The first-order valence-corrected chi connectivity index (χ1v) is 22.3. The molecule has 11 rings (SSSR count). The molecule has 318 valence electrons. The van der Waals surface area contributed by atoms with Gasteiger partial charge in [-0.1, -0.05) is 133 Å². The Morgan fingerprint density at radius 2 is 0.754 bits per heavy atom. The second-order valence-corrected chi connectivity index (χ2v) is 16.6. The molecule has 9 aromatic carbocycles. The highest BCUT2D eigenvalue weighted by Crippen LogP contribution is 2.46. The lowest BCUT2D eigenvalue weighted by Crippen LogP contribution is -2.03. The van der Waals surface area contributed by atoms with Crippen LogP contribution in [0.1, 0.15) is 22.3 Å². The fraction of sp³-hybridized carbons (Fsp3) is 0. The molecule has 0 atom stereocenters. The summed E-state index contributed by atoms with van der Waals surface area (Å²) in [5.41, 5.74) is 15.4. The molecule has 0 saturated carbocycles. The van der Waals surface area contributed by atoms with Crippen molar-refractivity contribution in [3.05, 3.63) is 235 Å². The molecule has 2 aromatic heterocycles. The smallest absolute Gasteiger partial charge is 0.160 e. The highest BCUT2D eigenvalue weighted by Gasteiger charge is 2.24. The van der Waals surface area contributed by atoms with Gasteiger partial charge in [0.2, 0.25) is 0 Å². The van der Waals surface area contributed by atoms with E-state index in [4.69, 9.17) is 9.97 Å². The van der Waals surface area contributed by atoms with Gasteiger partial charge in [0.05, 0.1) is 74.6 Å². The predicted octanol–water partition coefficient (Wildman–Crippen LogP) is 14.7. The van der Waals surface area contributed by atoms with Crippen molar-refractivity contribution in [2.75, 3.05) is 0 Å². The molecule has 0 aliphatic rings. The molecular weight excluding hydrogens is 843 g/mol. The van der Waals surface area contributed by atoms with Crippen LogP contribution >= 0.6 is 0 Å². The van der Waals surface area contributed by atoms with E-state index in [0.717, 1.165) is 94.4 Å². The third-order valence-electron chi connectivity index (χ3n) is 12.5. The van der Waals surface area contributed by atoms with Crippen molar-refractivity contribution in [1.82, 2.24) is 14.5 Å². The summed E-state index contributed by atoms with van der Waals surface area (Å²) >= 11 is 0. The van der Waals surface area contributed by atoms with Gasteiger partial charge in [-0.2, -0.15) is 21.0 Å². The van der Waals surface area contributed by atoms with Crippen LogP contribution in [-0.2, 0) is 0 Å². The Kier molecular flexibility index (Phi) is 10.6. The van der Waals surface area contributed by atoms with Crippen LogP contribution in [0.4, 0.5) is 0 Å². The average molecular weight is 878 g/mol. The fourth-order valence-electron chi connectivity index (χ4n) is 9.31. The molecule has 0 bridgehead atoms. The molecule has 11 aromatic rings. The van der Waals surface area contributed by atoms with Gasteiger partial charge >= 0.3 is 0 Å². The first kappa shape index (κ1) is 41.5. The molecule has 0 unspecified atom stereocenters. The SMILES string of the molecule is N#Cc1cccc(-c2cc(-c3cc(-c4ccccc4)nc(-c4ccccc4)n3)cc(-c3cccc(C#N)c3)c2-n2c3ccc(-c4ccccc4C#N)cc3c3cc(-c4ccccc4C#N)ccc32)c1. The monoisotopic (exact) mass is 877 g/mol. The van der Waals surface area contributed by atoms with Crippen LogP contribution in [0.25, 0.3) is 106 Å². The lowest BCUT2D eigenvalue weighted by atomic mass is 9.90. The van der Waals surface area contributed by atoms with Gasteiger partial charge in [-0.05, 0) is 112 Å². The number of fused-ring (bicyclic) bond motifs is 3. The lowest BCUT2D eigenvalue weighted by Gasteiger charge is -2.22. The summed E-state index contributed by atoms with van der Waals surface area (Å²) in [5.74, 6) is 0.571. The van der Waals surface area contributed by atoms with E-state index in [1.807, 2.05) is 152 Å². The zero-order valence-corrected chi connectivity index (χ0v) is 36.8. The molecule has 0 aliphatic heterocycles. The van der Waals surface area contributed by atoms with E-state index in [0.29, 0.717) is 33.8 Å². The lowest BCUT2D eigenvalue weighted by molar-refractivity contribution is 1.17. The van der Waals surface area contributed by atoms with E-state index in [1.54, 1.807) is 12.1 Å². The Labute approximate surface area is 398 Å². The summed E-state index contributed by atoms with van der Waals surface area (Å²) in [4.78, 5) is 10.4. The van der Waals surface area contributed by atoms with Crippen molar-refractivity contribution in [2.24, 2.45) is 0 Å². The van der Waals surface area contributed by atoms with Crippen LogP contribution in [-0.4, -0.2) is 14.5 Å². The van der Waals surface area contributed by atoms with Gasteiger partial charge in [-0.15, -0.1) is 0 Å². The third-order valence-corrected chi connectivity index (χ3v) is 12.5. The van der Waals surface area contributed by atoms with E-state index >= 15 is 0 Å². The van der Waals surface area contributed by atoms with Crippen molar-refractivity contribution < 1.29 is 0 Å². The van der Waals surface area contributed by atoms with Gasteiger partial charge in [-0.25, -0.2) is 9.97 Å². The van der Waals surface area contributed by atoms with E-state index in [9.17, 15) is 21.0 Å². The molecule has 0 N–H and O–H groups in total. The zero-order valence-electron chi connectivity index (χ0n) is 36.8. The molecule has 7 heteroatoms. The summed E-state index contributed by atoms with van der Waals surface area (Å²) in [6.45, 7) is 0. The Hall–Kier alpha value is -10.2.